The predicted molar refractivity (Wildman–Crippen MR) is 65.3 cm³/mol. The van der Waals surface area contributed by atoms with E-state index in [4.69, 9.17) is 16.0 Å². The first-order valence-corrected chi connectivity index (χ1v) is 5.97. The second-order valence-corrected chi connectivity index (χ2v) is 4.30. The van der Waals surface area contributed by atoms with Crippen molar-refractivity contribution >= 4 is 33.5 Å². The van der Waals surface area contributed by atoms with Gasteiger partial charge in [0.1, 0.15) is 5.88 Å². The first-order valence-electron chi connectivity index (χ1n) is 4.64. The van der Waals surface area contributed by atoms with E-state index < -0.39 is 0 Å². The Bertz CT molecular complexity index is 475. The van der Waals surface area contributed by atoms with Crippen LogP contribution in [0, 0.1) is 0 Å². The molecule has 6 heteroatoms. The Labute approximate surface area is 106 Å². The number of hydrogen-bond donors (Lipinski definition) is 1. The van der Waals surface area contributed by atoms with Gasteiger partial charge in [-0.15, -0.1) is 16.7 Å². The van der Waals surface area contributed by atoms with Gasteiger partial charge in [-0.25, -0.2) is 0 Å². The zero-order valence-electron chi connectivity index (χ0n) is 8.28. The summed E-state index contributed by atoms with van der Waals surface area (Å²) in [5, 5.41) is 10.6. The average molecular weight is 303 g/mol. The van der Waals surface area contributed by atoms with E-state index in [-0.39, 0.29) is 5.88 Å². The first-order chi connectivity index (χ1) is 7.78. The summed E-state index contributed by atoms with van der Waals surface area (Å²) in [5.41, 5.74) is 1.12. The molecular weight excluding hydrogens is 293 g/mol. The van der Waals surface area contributed by atoms with E-state index in [1.54, 1.807) is 0 Å². The molecule has 0 atom stereocenters. The van der Waals surface area contributed by atoms with Crippen LogP contribution >= 0.6 is 27.5 Å². The molecule has 0 radical (unpaired) electrons. The SMILES string of the molecule is ClCc1nnc(NCc2cccc(Br)c2)o1. The van der Waals surface area contributed by atoms with Gasteiger partial charge in [-0.1, -0.05) is 33.2 Å². The monoisotopic (exact) mass is 301 g/mol. The molecular formula is C10H9BrClN3O. The van der Waals surface area contributed by atoms with Crippen LogP contribution < -0.4 is 5.32 Å². The molecule has 2 aromatic rings. The van der Waals surface area contributed by atoms with Gasteiger partial charge in [-0.05, 0) is 17.7 Å². The molecule has 0 saturated carbocycles. The highest BCUT2D eigenvalue weighted by atomic mass is 79.9. The summed E-state index contributed by atoms with van der Waals surface area (Å²) in [6.07, 6.45) is 0. The van der Waals surface area contributed by atoms with E-state index in [0.717, 1.165) is 10.0 Å². The third-order valence-corrected chi connectivity index (χ3v) is 2.64. The van der Waals surface area contributed by atoms with Crippen LogP contribution in [-0.4, -0.2) is 10.2 Å². The number of hydrogen-bond acceptors (Lipinski definition) is 4. The van der Waals surface area contributed by atoms with Crippen LogP contribution in [0.5, 0.6) is 0 Å². The molecule has 84 valence electrons. The van der Waals surface area contributed by atoms with E-state index in [1.807, 2.05) is 24.3 Å². The maximum atomic E-state index is 5.55. The van der Waals surface area contributed by atoms with Crippen LogP contribution in [0.3, 0.4) is 0 Å². The molecule has 0 aliphatic carbocycles. The highest BCUT2D eigenvalue weighted by molar-refractivity contribution is 9.10. The van der Waals surface area contributed by atoms with E-state index in [1.165, 1.54) is 0 Å². The predicted octanol–water partition coefficient (Wildman–Crippen LogP) is 3.18. The Kier molecular flexibility index (Phi) is 3.79. The quantitative estimate of drug-likeness (QED) is 0.881. The number of anilines is 1. The molecule has 4 nitrogen and oxygen atoms in total. The fourth-order valence-electron chi connectivity index (χ4n) is 1.20. The lowest BCUT2D eigenvalue weighted by Crippen LogP contribution is -1.99. The fraction of sp³-hybridized carbons (Fsp3) is 0.200. The molecule has 0 saturated heterocycles. The van der Waals surface area contributed by atoms with Crippen LogP contribution in [0.1, 0.15) is 11.5 Å². The van der Waals surface area contributed by atoms with Crippen molar-refractivity contribution in [2.45, 2.75) is 12.4 Å². The summed E-state index contributed by atoms with van der Waals surface area (Å²) in [7, 11) is 0. The number of nitrogens with zero attached hydrogens (tertiary/aromatic N) is 2. The lowest BCUT2D eigenvalue weighted by atomic mass is 10.2. The second kappa shape index (κ2) is 5.32. The molecule has 1 aromatic heterocycles. The normalized spacial score (nSPS) is 10.4. The summed E-state index contributed by atoms with van der Waals surface area (Å²) in [4.78, 5) is 0. The highest BCUT2D eigenvalue weighted by Crippen LogP contribution is 2.13. The van der Waals surface area contributed by atoms with E-state index in [0.29, 0.717) is 18.5 Å². The smallest absolute Gasteiger partial charge is 0.315 e. The summed E-state index contributed by atoms with van der Waals surface area (Å²) < 4.78 is 6.25. The van der Waals surface area contributed by atoms with Crippen LogP contribution in [-0.2, 0) is 12.4 Å². The molecule has 0 bridgehead atoms. The van der Waals surface area contributed by atoms with Crippen molar-refractivity contribution in [2.24, 2.45) is 0 Å². The number of nitrogens with one attached hydrogen (secondary N) is 1. The lowest BCUT2D eigenvalue weighted by molar-refractivity contribution is 0.525. The zero-order valence-corrected chi connectivity index (χ0v) is 10.6. The molecule has 0 fully saturated rings. The minimum atomic E-state index is 0.228. The molecule has 1 N–H and O–H groups in total. The van der Waals surface area contributed by atoms with Crippen molar-refractivity contribution < 1.29 is 4.42 Å². The second-order valence-electron chi connectivity index (χ2n) is 3.12. The highest BCUT2D eigenvalue weighted by Gasteiger charge is 2.03. The van der Waals surface area contributed by atoms with Crippen LogP contribution in [0.25, 0.3) is 0 Å². The minimum absolute atomic E-state index is 0.228. The van der Waals surface area contributed by atoms with E-state index >= 15 is 0 Å². The van der Waals surface area contributed by atoms with Crippen molar-refractivity contribution in [1.29, 1.82) is 0 Å². The molecule has 0 aliphatic heterocycles. The molecule has 0 unspecified atom stereocenters. The summed E-state index contributed by atoms with van der Waals surface area (Å²) in [6.45, 7) is 0.628. The van der Waals surface area contributed by atoms with Crippen molar-refractivity contribution in [3.05, 3.63) is 40.2 Å². The summed E-state index contributed by atoms with van der Waals surface area (Å²) in [6, 6.07) is 8.36. The minimum Gasteiger partial charge on any atom is -0.407 e. The Morgan fingerprint density at radius 1 is 1.38 bits per heavy atom. The third-order valence-electron chi connectivity index (χ3n) is 1.91. The fourth-order valence-corrected chi connectivity index (χ4v) is 1.76. The summed E-state index contributed by atoms with van der Waals surface area (Å²) in [5.74, 6) is 0.643. The van der Waals surface area contributed by atoms with Crippen molar-refractivity contribution in [3.63, 3.8) is 0 Å². The van der Waals surface area contributed by atoms with Gasteiger partial charge < -0.3 is 9.73 Å². The van der Waals surface area contributed by atoms with Gasteiger partial charge in [0.05, 0.1) is 0 Å². The van der Waals surface area contributed by atoms with Crippen LogP contribution in [0.15, 0.2) is 33.2 Å². The Balaban J connectivity index is 1.96. The average Bonchev–Trinajstić information content (AvgIpc) is 2.74. The van der Waals surface area contributed by atoms with Crippen molar-refractivity contribution in [3.8, 4) is 0 Å². The van der Waals surface area contributed by atoms with Gasteiger partial charge in [0.2, 0.25) is 5.89 Å². The number of alkyl halides is 1. The van der Waals surface area contributed by atoms with Gasteiger partial charge >= 0.3 is 6.01 Å². The molecule has 0 amide bonds. The van der Waals surface area contributed by atoms with Gasteiger partial charge in [0, 0.05) is 11.0 Å². The lowest BCUT2D eigenvalue weighted by Gasteiger charge is -2.01. The Morgan fingerprint density at radius 3 is 2.94 bits per heavy atom. The number of rotatable bonds is 4. The largest absolute Gasteiger partial charge is 0.407 e. The van der Waals surface area contributed by atoms with Gasteiger partial charge in [0.15, 0.2) is 0 Å². The molecule has 0 spiro atoms. The first kappa shape index (κ1) is 11.4. The van der Waals surface area contributed by atoms with Crippen LogP contribution in [0.4, 0.5) is 6.01 Å². The van der Waals surface area contributed by atoms with E-state index in [2.05, 4.69) is 31.4 Å². The van der Waals surface area contributed by atoms with Crippen molar-refractivity contribution in [2.75, 3.05) is 5.32 Å². The maximum absolute atomic E-state index is 5.55. The third kappa shape index (κ3) is 2.96. The Hall–Kier alpha value is -1.07. The molecule has 2 rings (SSSR count). The molecule has 1 heterocycles. The maximum Gasteiger partial charge on any atom is 0.315 e. The number of aromatic nitrogens is 2. The number of halogens is 2. The molecule has 1 aromatic carbocycles. The molecule has 0 aliphatic rings. The zero-order chi connectivity index (χ0) is 11.4. The van der Waals surface area contributed by atoms with Crippen molar-refractivity contribution in [1.82, 2.24) is 10.2 Å². The standard InChI is InChI=1S/C10H9BrClN3O/c11-8-3-1-2-7(4-8)6-13-10-15-14-9(5-12)16-10/h1-4H,5-6H2,(H,13,15). The van der Waals surface area contributed by atoms with Gasteiger partial charge in [-0.3, -0.25) is 0 Å². The Morgan fingerprint density at radius 2 is 2.25 bits per heavy atom. The van der Waals surface area contributed by atoms with Gasteiger partial charge in [0.25, 0.3) is 0 Å². The van der Waals surface area contributed by atoms with Crippen LogP contribution in [0.2, 0.25) is 0 Å². The topological polar surface area (TPSA) is 51.0 Å². The molecule has 16 heavy (non-hydrogen) atoms. The number of benzene rings is 1. The van der Waals surface area contributed by atoms with Gasteiger partial charge in [-0.2, -0.15) is 0 Å². The van der Waals surface area contributed by atoms with E-state index in [9.17, 15) is 0 Å². The summed E-state index contributed by atoms with van der Waals surface area (Å²) >= 11 is 8.96.